The molecule has 2 rings (SSSR count). The van der Waals surface area contributed by atoms with E-state index in [2.05, 4.69) is 4.98 Å². The van der Waals surface area contributed by atoms with Crippen LogP contribution in [0.5, 0.6) is 0 Å². The summed E-state index contributed by atoms with van der Waals surface area (Å²) in [5, 5.41) is 10.1. The maximum absolute atomic E-state index is 12.5. The van der Waals surface area contributed by atoms with E-state index in [4.69, 9.17) is 34.8 Å². The van der Waals surface area contributed by atoms with Gasteiger partial charge in [0, 0.05) is 11.1 Å². The van der Waals surface area contributed by atoms with Gasteiger partial charge < -0.3 is 5.11 Å². The van der Waals surface area contributed by atoms with Crippen molar-refractivity contribution in [2.45, 2.75) is 12.3 Å². The van der Waals surface area contributed by atoms with E-state index in [1.54, 1.807) is 6.07 Å². The number of nitrogens with zero attached hydrogens (tertiary/aromatic N) is 1. The lowest BCUT2D eigenvalue weighted by Crippen LogP contribution is -2.10. The first-order valence-corrected chi connectivity index (χ1v) is 6.71. The Bertz CT molecular complexity index is 676. The highest BCUT2D eigenvalue weighted by atomic mass is 35.5. The predicted octanol–water partition coefficient (Wildman–Crippen LogP) is 5.14. The fraction of sp³-hybridized carbons (Fsp3) is 0.154. The SMILES string of the molecule is OC(c1ccc(C(F)(F)F)nc1Cl)c1cccc(Cl)c1Cl. The summed E-state index contributed by atoms with van der Waals surface area (Å²) in [6.07, 6.45) is -5.95. The van der Waals surface area contributed by atoms with Gasteiger partial charge in [-0.25, -0.2) is 4.98 Å². The molecule has 21 heavy (non-hydrogen) atoms. The average molecular weight is 357 g/mol. The van der Waals surface area contributed by atoms with Gasteiger partial charge in [0.1, 0.15) is 17.0 Å². The lowest BCUT2D eigenvalue weighted by Gasteiger charge is -2.16. The molecule has 0 amide bonds. The number of rotatable bonds is 2. The summed E-state index contributed by atoms with van der Waals surface area (Å²) < 4.78 is 37.6. The summed E-state index contributed by atoms with van der Waals surface area (Å²) in [5.74, 6) is 0. The van der Waals surface area contributed by atoms with Gasteiger partial charge >= 0.3 is 6.18 Å². The van der Waals surface area contributed by atoms with Gasteiger partial charge in [0.15, 0.2) is 0 Å². The minimum absolute atomic E-state index is 0.00818. The van der Waals surface area contributed by atoms with Crippen LogP contribution >= 0.6 is 34.8 Å². The van der Waals surface area contributed by atoms with Crippen LogP contribution in [0.4, 0.5) is 13.2 Å². The van der Waals surface area contributed by atoms with E-state index in [-0.39, 0.29) is 21.2 Å². The van der Waals surface area contributed by atoms with Gasteiger partial charge in [-0.3, -0.25) is 0 Å². The molecule has 0 aliphatic carbocycles. The standard InChI is InChI=1S/C13H7Cl3F3NO/c14-8-3-1-2-6(10(8)15)11(21)7-4-5-9(13(17,18)19)20-12(7)16/h1-5,11,21H. The zero-order valence-electron chi connectivity index (χ0n) is 10.1. The maximum Gasteiger partial charge on any atom is 0.433 e. The van der Waals surface area contributed by atoms with Crippen molar-refractivity contribution in [2.75, 3.05) is 0 Å². The molecule has 1 aromatic heterocycles. The van der Waals surface area contributed by atoms with Crippen molar-refractivity contribution in [3.8, 4) is 0 Å². The Hall–Kier alpha value is -1.01. The zero-order chi connectivity index (χ0) is 15.8. The van der Waals surface area contributed by atoms with Crippen molar-refractivity contribution < 1.29 is 18.3 Å². The van der Waals surface area contributed by atoms with Crippen LogP contribution in [0.15, 0.2) is 30.3 Å². The Morgan fingerprint density at radius 3 is 2.24 bits per heavy atom. The first-order chi connectivity index (χ1) is 9.71. The molecule has 112 valence electrons. The number of aliphatic hydroxyl groups excluding tert-OH is 1. The summed E-state index contributed by atoms with van der Waals surface area (Å²) in [6.45, 7) is 0. The Morgan fingerprint density at radius 2 is 1.67 bits per heavy atom. The topological polar surface area (TPSA) is 33.1 Å². The van der Waals surface area contributed by atoms with E-state index < -0.39 is 23.1 Å². The highest BCUT2D eigenvalue weighted by molar-refractivity contribution is 6.42. The van der Waals surface area contributed by atoms with Crippen molar-refractivity contribution in [3.05, 3.63) is 62.4 Å². The smallest absolute Gasteiger partial charge is 0.383 e. The third-order valence-electron chi connectivity index (χ3n) is 2.74. The van der Waals surface area contributed by atoms with Crippen LogP contribution in [-0.2, 0) is 6.18 Å². The van der Waals surface area contributed by atoms with Crippen LogP contribution in [0.1, 0.15) is 22.9 Å². The molecule has 0 bridgehead atoms. The van der Waals surface area contributed by atoms with Gasteiger partial charge in [0.05, 0.1) is 10.0 Å². The summed E-state index contributed by atoms with van der Waals surface area (Å²) >= 11 is 17.5. The van der Waals surface area contributed by atoms with Crippen LogP contribution in [0.25, 0.3) is 0 Å². The Labute approximate surface area is 133 Å². The Balaban J connectivity index is 2.45. The van der Waals surface area contributed by atoms with Gasteiger partial charge in [0.25, 0.3) is 0 Å². The Morgan fingerprint density at radius 1 is 1.00 bits per heavy atom. The summed E-state index contributed by atoms with van der Waals surface area (Å²) in [5.41, 5.74) is -0.901. The van der Waals surface area contributed by atoms with Crippen molar-refractivity contribution >= 4 is 34.8 Å². The quantitative estimate of drug-likeness (QED) is 0.756. The summed E-state index contributed by atoms with van der Waals surface area (Å²) in [7, 11) is 0. The van der Waals surface area contributed by atoms with E-state index in [1.807, 2.05) is 0 Å². The molecule has 8 heteroatoms. The third kappa shape index (κ3) is 3.43. The van der Waals surface area contributed by atoms with E-state index in [0.29, 0.717) is 0 Å². The lowest BCUT2D eigenvalue weighted by atomic mass is 10.0. The Kier molecular flexibility index (Phi) is 4.68. The van der Waals surface area contributed by atoms with Gasteiger partial charge in [-0.1, -0.05) is 53.0 Å². The third-order valence-corrected chi connectivity index (χ3v) is 3.87. The minimum atomic E-state index is -4.61. The number of halogens is 6. The molecular weight excluding hydrogens is 350 g/mol. The second-order valence-corrected chi connectivity index (χ2v) is 5.26. The van der Waals surface area contributed by atoms with E-state index in [9.17, 15) is 18.3 Å². The first-order valence-electron chi connectivity index (χ1n) is 5.57. The van der Waals surface area contributed by atoms with Gasteiger partial charge in [0.2, 0.25) is 0 Å². The largest absolute Gasteiger partial charge is 0.433 e. The van der Waals surface area contributed by atoms with E-state index in [1.165, 1.54) is 12.1 Å². The number of pyridine rings is 1. The van der Waals surface area contributed by atoms with Crippen LogP contribution in [0.2, 0.25) is 15.2 Å². The molecule has 1 unspecified atom stereocenters. The van der Waals surface area contributed by atoms with Gasteiger partial charge in [-0.2, -0.15) is 13.2 Å². The molecule has 1 aromatic carbocycles. The predicted molar refractivity (Wildman–Crippen MR) is 74.8 cm³/mol. The molecule has 0 saturated carbocycles. The number of alkyl halides is 3. The maximum atomic E-state index is 12.5. The lowest BCUT2D eigenvalue weighted by molar-refractivity contribution is -0.141. The second-order valence-electron chi connectivity index (χ2n) is 4.12. The highest BCUT2D eigenvalue weighted by Gasteiger charge is 2.33. The molecule has 2 aromatic rings. The summed E-state index contributed by atoms with van der Waals surface area (Å²) in [4.78, 5) is 3.25. The molecule has 1 N–H and O–H groups in total. The van der Waals surface area contributed by atoms with Crippen LogP contribution in [-0.4, -0.2) is 10.1 Å². The fourth-order valence-corrected chi connectivity index (χ4v) is 2.37. The number of hydrogen-bond acceptors (Lipinski definition) is 2. The van der Waals surface area contributed by atoms with E-state index in [0.717, 1.165) is 12.1 Å². The molecule has 0 fully saturated rings. The van der Waals surface area contributed by atoms with Gasteiger partial charge in [-0.05, 0) is 12.1 Å². The molecule has 2 nitrogen and oxygen atoms in total. The van der Waals surface area contributed by atoms with Crippen molar-refractivity contribution in [2.24, 2.45) is 0 Å². The molecule has 0 saturated heterocycles. The van der Waals surface area contributed by atoms with Crippen LogP contribution in [0, 0.1) is 0 Å². The molecule has 1 heterocycles. The van der Waals surface area contributed by atoms with Gasteiger partial charge in [-0.15, -0.1) is 0 Å². The zero-order valence-corrected chi connectivity index (χ0v) is 12.4. The van der Waals surface area contributed by atoms with Crippen molar-refractivity contribution in [1.82, 2.24) is 4.98 Å². The average Bonchev–Trinajstić information content (AvgIpc) is 2.40. The molecule has 0 aliphatic heterocycles. The number of benzene rings is 1. The van der Waals surface area contributed by atoms with Crippen LogP contribution < -0.4 is 0 Å². The second kappa shape index (κ2) is 6.01. The van der Waals surface area contributed by atoms with Crippen molar-refractivity contribution in [1.29, 1.82) is 0 Å². The minimum Gasteiger partial charge on any atom is -0.383 e. The summed E-state index contributed by atoms with van der Waals surface area (Å²) in [6, 6.07) is 6.36. The molecule has 0 aliphatic rings. The first kappa shape index (κ1) is 16.4. The van der Waals surface area contributed by atoms with Crippen molar-refractivity contribution in [3.63, 3.8) is 0 Å². The molecule has 0 radical (unpaired) electrons. The van der Waals surface area contributed by atoms with Crippen LogP contribution in [0.3, 0.4) is 0 Å². The number of hydrogen-bond donors (Lipinski definition) is 1. The number of aliphatic hydroxyl groups is 1. The normalized spacial score (nSPS) is 13.3. The van der Waals surface area contributed by atoms with E-state index >= 15 is 0 Å². The fourth-order valence-electron chi connectivity index (χ4n) is 1.71. The number of aromatic nitrogens is 1. The highest BCUT2D eigenvalue weighted by Crippen LogP contribution is 2.36. The molecule has 0 spiro atoms. The molecular formula is C13H7Cl3F3NO. The molecule has 1 atom stereocenters. The monoisotopic (exact) mass is 355 g/mol.